The quantitative estimate of drug-likeness (QED) is 0.338. The average molecular weight is 165 g/mol. The van der Waals surface area contributed by atoms with Gasteiger partial charge in [0.2, 0.25) is 0 Å². The third-order valence-electron chi connectivity index (χ3n) is 1.37. The molecule has 0 amide bonds. The van der Waals surface area contributed by atoms with Crippen LogP contribution >= 0.6 is 11.1 Å². The van der Waals surface area contributed by atoms with Gasteiger partial charge in [-0.15, -0.1) is 0 Å². The van der Waals surface area contributed by atoms with E-state index in [1.165, 1.54) is 25.3 Å². The Morgan fingerprint density at radius 1 is 1.22 bits per heavy atom. The van der Waals surface area contributed by atoms with Gasteiger partial charge in [-0.05, 0) is 6.04 Å². The maximum atomic E-state index is 6.11. The summed E-state index contributed by atoms with van der Waals surface area (Å²) in [6.07, 6.45) is 3.99. The van der Waals surface area contributed by atoms with Crippen LogP contribution in [0.2, 0.25) is 19.1 Å². The van der Waals surface area contributed by atoms with Crippen molar-refractivity contribution in [1.82, 2.24) is 0 Å². The first kappa shape index (κ1) is 9.51. The van der Waals surface area contributed by atoms with Crippen LogP contribution in [0.5, 0.6) is 0 Å². The largest absolute Gasteiger partial charge is 0.168 e. The molecular weight excluding hydrogens is 148 g/mol. The van der Waals surface area contributed by atoms with Crippen LogP contribution in [0.25, 0.3) is 0 Å². The molecule has 0 aliphatic carbocycles. The van der Waals surface area contributed by atoms with E-state index < -0.39 is 7.38 Å². The Hall–Kier alpha value is 0.507. The Kier molecular flexibility index (Phi) is 4.59. The second kappa shape index (κ2) is 4.34. The molecule has 0 heterocycles. The van der Waals surface area contributed by atoms with E-state index in [9.17, 15) is 0 Å². The average Bonchev–Trinajstić information content (AvgIpc) is 1.63. The van der Waals surface area contributed by atoms with Crippen LogP contribution in [-0.2, 0) is 0 Å². The minimum atomic E-state index is -1.22. The number of halogens is 1. The number of hydrogen-bond donors (Lipinski definition) is 0. The highest BCUT2D eigenvalue weighted by molar-refractivity contribution is 7.19. The Morgan fingerprint density at radius 2 is 1.78 bits per heavy atom. The smallest absolute Gasteiger partial charge is 0.150 e. The summed E-state index contributed by atoms with van der Waals surface area (Å²) < 4.78 is 0. The molecule has 0 aromatic heterocycles. The number of rotatable bonds is 4. The molecule has 0 fully saturated rings. The Bertz CT molecular complexity index is 65.8. The summed E-state index contributed by atoms with van der Waals surface area (Å²) in [6, 6.07) is 1.28. The van der Waals surface area contributed by atoms with Crippen molar-refractivity contribution < 1.29 is 0 Å². The lowest BCUT2D eigenvalue weighted by Gasteiger charge is -2.10. The van der Waals surface area contributed by atoms with Gasteiger partial charge in [0.15, 0.2) is 0 Å². The zero-order valence-electron chi connectivity index (χ0n) is 6.71. The molecule has 2 heteroatoms. The van der Waals surface area contributed by atoms with Crippen LogP contribution in [0.4, 0.5) is 0 Å². The minimum Gasteiger partial charge on any atom is -0.168 e. The molecule has 9 heavy (non-hydrogen) atoms. The SMILES string of the molecule is CCCCC[Si](C)(C)Cl. The molecule has 0 saturated heterocycles. The molecule has 0 aromatic rings. The van der Waals surface area contributed by atoms with Gasteiger partial charge in [-0.3, -0.25) is 0 Å². The predicted molar refractivity (Wildman–Crippen MR) is 47.7 cm³/mol. The van der Waals surface area contributed by atoms with Crippen LogP contribution in [0.3, 0.4) is 0 Å². The van der Waals surface area contributed by atoms with Gasteiger partial charge in [-0.1, -0.05) is 39.3 Å². The molecule has 0 saturated carbocycles. The molecule has 0 bridgehead atoms. The fourth-order valence-corrected chi connectivity index (χ4v) is 2.29. The van der Waals surface area contributed by atoms with E-state index in [1.807, 2.05) is 0 Å². The maximum Gasteiger partial charge on any atom is 0.150 e. The first-order chi connectivity index (χ1) is 4.06. The standard InChI is InChI=1S/C7H17ClSi/c1-4-5-6-7-9(2,3)8/h4-7H2,1-3H3. The van der Waals surface area contributed by atoms with E-state index in [-0.39, 0.29) is 0 Å². The lowest BCUT2D eigenvalue weighted by Crippen LogP contribution is -2.14. The van der Waals surface area contributed by atoms with Gasteiger partial charge >= 0.3 is 0 Å². The Balaban J connectivity index is 3.07. The van der Waals surface area contributed by atoms with Gasteiger partial charge in [0.05, 0.1) is 0 Å². The monoisotopic (exact) mass is 164 g/mol. The van der Waals surface area contributed by atoms with Crippen LogP contribution in [0.15, 0.2) is 0 Å². The lowest BCUT2D eigenvalue weighted by atomic mass is 10.3. The Labute approximate surface area is 64.3 Å². The highest BCUT2D eigenvalue weighted by Crippen LogP contribution is 2.17. The highest BCUT2D eigenvalue weighted by Gasteiger charge is 2.14. The third kappa shape index (κ3) is 8.51. The van der Waals surface area contributed by atoms with Gasteiger partial charge in [0, 0.05) is 0 Å². The van der Waals surface area contributed by atoms with Gasteiger partial charge in [-0.25, -0.2) is 0 Å². The van der Waals surface area contributed by atoms with Gasteiger partial charge in [0.25, 0.3) is 0 Å². The fraction of sp³-hybridized carbons (Fsp3) is 1.00. The summed E-state index contributed by atoms with van der Waals surface area (Å²) >= 11 is 6.11. The summed E-state index contributed by atoms with van der Waals surface area (Å²) in [5.41, 5.74) is 0. The molecule has 0 aliphatic heterocycles. The second-order valence-corrected chi connectivity index (χ2v) is 10.2. The Morgan fingerprint density at radius 3 is 2.11 bits per heavy atom. The van der Waals surface area contributed by atoms with Crippen molar-refractivity contribution in [3.63, 3.8) is 0 Å². The zero-order chi connectivity index (χ0) is 7.33. The van der Waals surface area contributed by atoms with E-state index in [4.69, 9.17) is 11.1 Å². The molecule has 0 aliphatic rings. The van der Waals surface area contributed by atoms with E-state index in [0.29, 0.717) is 0 Å². The van der Waals surface area contributed by atoms with Crippen molar-refractivity contribution in [3.8, 4) is 0 Å². The number of hydrogen-bond acceptors (Lipinski definition) is 0. The van der Waals surface area contributed by atoms with Crippen LogP contribution in [-0.4, -0.2) is 7.38 Å². The molecule has 0 aromatic carbocycles. The topological polar surface area (TPSA) is 0 Å². The summed E-state index contributed by atoms with van der Waals surface area (Å²) in [5, 5.41) is 0. The van der Waals surface area contributed by atoms with E-state index >= 15 is 0 Å². The first-order valence-corrected chi connectivity index (χ1v) is 7.97. The molecule has 0 spiro atoms. The molecule has 0 radical (unpaired) electrons. The maximum absolute atomic E-state index is 6.11. The van der Waals surface area contributed by atoms with Crippen molar-refractivity contribution in [2.75, 3.05) is 0 Å². The van der Waals surface area contributed by atoms with Crippen LogP contribution in [0.1, 0.15) is 26.2 Å². The summed E-state index contributed by atoms with van der Waals surface area (Å²) in [4.78, 5) is 0. The molecular formula is C7H17ClSi. The summed E-state index contributed by atoms with van der Waals surface area (Å²) in [6.45, 7) is 6.65. The molecule has 0 unspecified atom stereocenters. The molecule has 0 atom stereocenters. The predicted octanol–water partition coefficient (Wildman–Crippen LogP) is 3.62. The van der Waals surface area contributed by atoms with E-state index in [0.717, 1.165) is 0 Å². The molecule has 0 nitrogen and oxygen atoms in total. The van der Waals surface area contributed by atoms with Crippen molar-refractivity contribution in [3.05, 3.63) is 0 Å². The summed E-state index contributed by atoms with van der Waals surface area (Å²) in [5.74, 6) is 0. The normalized spacial score (nSPS) is 12.0. The zero-order valence-corrected chi connectivity index (χ0v) is 8.46. The highest BCUT2D eigenvalue weighted by atomic mass is 35.6. The van der Waals surface area contributed by atoms with Crippen LogP contribution in [0, 0.1) is 0 Å². The number of unbranched alkanes of at least 4 members (excludes halogenated alkanes) is 2. The van der Waals surface area contributed by atoms with E-state index in [2.05, 4.69) is 20.0 Å². The van der Waals surface area contributed by atoms with Crippen LogP contribution < -0.4 is 0 Å². The van der Waals surface area contributed by atoms with Crippen molar-refractivity contribution >= 4 is 18.5 Å². The van der Waals surface area contributed by atoms with Gasteiger partial charge < -0.3 is 0 Å². The third-order valence-corrected chi connectivity index (χ3v) is 3.48. The summed E-state index contributed by atoms with van der Waals surface area (Å²) in [7, 11) is -1.22. The van der Waals surface area contributed by atoms with Crippen molar-refractivity contribution in [1.29, 1.82) is 0 Å². The fourth-order valence-electron chi connectivity index (χ4n) is 0.795. The van der Waals surface area contributed by atoms with Crippen molar-refractivity contribution in [2.24, 2.45) is 0 Å². The van der Waals surface area contributed by atoms with Crippen molar-refractivity contribution in [2.45, 2.75) is 45.3 Å². The first-order valence-electron chi connectivity index (χ1n) is 3.75. The van der Waals surface area contributed by atoms with Gasteiger partial charge in [-0.2, -0.15) is 11.1 Å². The molecule has 0 N–H and O–H groups in total. The minimum absolute atomic E-state index is 1.22. The van der Waals surface area contributed by atoms with E-state index in [1.54, 1.807) is 0 Å². The lowest BCUT2D eigenvalue weighted by molar-refractivity contribution is 0.765. The second-order valence-electron chi connectivity index (χ2n) is 3.18. The molecule has 0 rings (SSSR count). The molecule has 56 valence electrons. The van der Waals surface area contributed by atoms with Gasteiger partial charge in [0.1, 0.15) is 7.38 Å².